The number of carbonyl (C=O) groups excluding carboxylic acids is 1. The first-order valence-electron chi connectivity index (χ1n) is 7.13. The number of ether oxygens (including phenoxy) is 4. The molecular formula is C17H14BrClO5. The molecule has 0 fully saturated rings. The Morgan fingerprint density at radius 3 is 2.71 bits per heavy atom. The number of benzene rings is 2. The van der Waals surface area contributed by atoms with Crippen LogP contribution in [0.15, 0.2) is 34.8 Å². The minimum absolute atomic E-state index is 0.0753. The average Bonchev–Trinajstić information content (AvgIpc) is 3.00. The summed E-state index contributed by atoms with van der Waals surface area (Å²) >= 11 is 9.40. The quantitative estimate of drug-likeness (QED) is 0.690. The van der Waals surface area contributed by atoms with Gasteiger partial charge in [0, 0.05) is 20.6 Å². The van der Waals surface area contributed by atoms with E-state index in [9.17, 15) is 4.79 Å². The van der Waals surface area contributed by atoms with Gasteiger partial charge in [-0.1, -0.05) is 27.5 Å². The Kier molecular flexibility index (Phi) is 5.16. The van der Waals surface area contributed by atoms with E-state index in [1.165, 1.54) is 0 Å². The zero-order valence-corrected chi connectivity index (χ0v) is 15.1. The van der Waals surface area contributed by atoms with E-state index in [-0.39, 0.29) is 25.8 Å². The first-order valence-corrected chi connectivity index (χ1v) is 8.30. The summed E-state index contributed by atoms with van der Waals surface area (Å²) in [6, 6.07) is 8.71. The summed E-state index contributed by atoms with van der Waals surface area (Å²) < 4.78 is 22.0. The number of rotatable bonds is 5. The zero-order chi connectivity index (χ0) is 17.1. The van der Waals surface area contributed by atoms with Crippen LogP contribution >= 0.6 is 27.5 Å². The first kappa shape index (κ1) is 16.9. The van der Waals surface area contributed by atoms with Crippen LogP contribution < -0.4 is 14.2 Å². The van der Waals surface area contributed by atoms with Crippen molar-refractivity contribution >= 4 is 33.5 Å². The molecule has 126 valence electrons. The molecule has 1 aliphatic rings. The first-order chi connectivity index (χ1) is 11.6. The summed E-state index contributed by atoms with van der Waals surface area (Å²) in [6.07, 6.45) is 0.0753. The molecule has 3 rings (SSSR count). The van der Waals surface area contributed by atoms with Gasteiger partial charge in [0.2, 0.25) is 6.79 Å². The molecule has 0 bridgehead atoms. The van der Waals surface area contributed by atoms with Crippen LogP contribution in [-0.2, 0) is 22.6 Å². The normalized spacial score (nSPS) is 12.1. The largest absolute Gasteiger partial charge is 0.496 e. The number of esters is 1. The topological polar surface area (TPSA) is 54.0 Å². The van der Waals surface area contributed by atoms with Crippen molar-refractivity contribution in [1.82, 2.24) is 0 Å². The molecule has 0 aliphatic carbocycles. The maximum atomic E-state index is 12.1. The van der Waals surface area contributed by atoms with E-state index in [4.69, 9.17) is 30.5 Å². The van der Waals surface area contributed by atoms with Gasteiger partial charge in [0.15, 0.2) is 11.5 Å². The molecule has 0 atom stereocenters. The number of hydrogen-bond acceptors (Lipinski definition) is 5. The van der Waals surface area contributed by atoms with Gasteiger partial charge in [-0.3, -0.25) is 4.79 Å². The van der Waals surface area contributed by atoms with Crippen molar-refractivity contribution in [3.8, 4) is 17.2 Å². The second kappa shape index (κ2) is 7.32. The fourth-order valence-electron chi connectivity index (χ4n) is 2.32. The molecule has 7 heteroatoms. The van der Waals surface area contributed by atoms with Gasteiger partial charge in [0.25, 0.3) is 0 Å². The molecule has 0 N–H and O–H groups in total. The summed E-state index contributed by atoms with van der Waals surface area (Å²) in [7, 11) is 1.54. The number of fused-ring (bicyclic) bond motifs is 1. The summed E-state index contributed by atoms with van der Waals surface area (Å²) in [4.78, 5) is 12.1. The SMILES string of the molecule is COc1ccc(Cl)cc1CC(=O)OCc1cc2c(cc1Br)OCO2. The molecule has 2 aromatic rings. The van der Waals surface area contributed by atoms with Gasteiger partial charge in [-0.25, -0.2) is 0 Å². The van der Waals surface area contributed by atoms with Crippen molar-refractivity contribution in [3.63, 3.8) is 0 Å². The highest BCUT2D eigenvalue weighted by atomic mass is 79.9. The van der Waals surface area contributed by atoms with Gasteiger partial charge in [0.05, 0.1) is 13.5 Å². The molecule has 0 unspecified atom stereocenters. The third-order valence-corrected chi connectivity index (χ3v) is 4.48. The number of hydrogen-bond donors (Lipinski definition) is 0. The monoisotopic (exact) mass is 412 g/mol. The smallest absolute Gasteiger partial charge is 0.310 e. The standard InChI is InChI=1S/C17H14BrClO5/c1-21-14-3-2-12(19)4-10(14)6-17(20)22-8-11-5-15-16(7-13(11)18)24-9-23-15/h2-5,7H,6,8-9H2,1H3. The average molecular weight is 414 g/mol. The molecule has 0 amide bonds. The van der Waals surface area contributed by atoms with Gasteiger partial charge < -0.3 is 18.9 Å². The maximum Gasteiger partial charge on any atom is 0.310 e. The van der Waals surface area contributed by atoms with Crippen molar-refractivity contribution < 1.29 is 23.7 Å². The lowest BCUT2D eigenvalue weighted by Gasteiger charge is -2.10. The fourth-order valence-corrected chi connectivity index (χ4v) is 2.95. The van der Waals surface area contributed by atoms with Gasteiger partial charge >= 0.3 is 5.97 Å². The maximum absolute atomic E-state index is 12.1. The van der Waals surface area contributed by atoms with Crippen LogP contribution in [0.4, 0.5) is 0 Å². The van der Waals surface area contributed by atoms with Crippen molar-refractivity contribution in [2.75, 3.05) is 13.9 Å². The highest BCUT2D eigenvalue weighted by molar-refractivity contribution is 9.10. The zero-order valence-electron chi connectivity index (χ0n) is 12.8. The Morgan fingerprint density at radius 2 is 1.96 bits per heavy atom. The molecule has 0 aromatic heterocycles. The molecule has 0 saturated heterocycles. The van der Waals surface area contributed by atoms with Gasteiger partial charge in [-0.15, -0.1) is 0 Å². The van der Waals surface area contributed by atoms with Crippen molar-refractivity contribution in [2.24, 2.45) is 0 Å². The summed E-state index contributed by atoms with van der Waals surface area (Å²) in [6.45, 7) is 0.318. The minimum Gasteiger partial charge on any atom is -0.496 e. The van der Waals surface area contributed by atoms with Crippen LogP contribution in [0.2, 0.25) is 5.02 Å². The van der Waals surface area contributed by atoms with Gasteiger partial charge in [-0.2, -0.15) is 0 Å². The van der Waals surface area contributed by atoms with Crippen LogP contribution in [-0.4, -0.2) is 19.9 Å². The van der Waals surface area contributed by atoms with Crippen LogP contribution in [0.25, 0.3) is 0 Å². The van der Waals surface area contributed by atoms with E-state index < -0.39 is 0 Å². The van der Waals surface area contributed by atoms with Crippen LogP contribution in [0.5, 0.6) is 17.2 Å². The Morgan fingerprint density at radius 1 is 1.21 bits per heavy atom. The molecular weight excluding hydrogens is 400 g/mol. The number of halogens is 2. The molecule has 0 saturated carbocycles. The van der Waals surface area contributed by atoms with E-state index in [0.29, 0.717) is 27.8 Å². The van der Waals surface area contributed by atoms with Crippen molar-refractivity contribution in [3.05, 3.63) is 51.0 Å². The van der Waals surface area contributed by atoms with Crippen LogP contribution in [0.3, 0.4) is 0 Å². The number of methoxy groups -OCH3 is 1. The highest BCUT2D eigenvalue weighted by Crippen LogP contribution is 2.37. The van der Waals surface area contributed by atoms with E-state index in [0.717, 1.165) is 10.0 Å². The van der Waals surface area contributed by atoms with E-state index in [2.05, 4.69) is 15.9 Å². The lowest BCUT2D eigenvalue weighted by atomic mass is 10.1. The predicted octanol–water partition coefficient (Wildman–Crippen LogP) is 4.13. The Balaban J connectivity index is 1.65. The van der Waals surface area contributed by atoms with Crippen LogP contribution in [0, 0.1) is 0 Å². The predicted molar refractivity (Wildman–Crippen MR) is 91.8 cm³/mol. The molecule has 5 nitrogen and oxygen atoms in total. The fraction of sp³-hybridized carbons (Fsp3) is 0.235. The Bertz CT molecular complexity index is 778. The molecule has 0 spiro atoms. The molecule has 2 aromatic carbocycles. The second-order valence-corrected chi connectivity index (χ2v) is 6.38. The van der Waals surface area contributed by atoms with E-state index >= 15 is 0 Å². The molecule has 24 heavy (non-hydrogen) atoms. The molecule has 1 heterocycles. The van der Waals surface area contributed by atoms with E-state index in [1.807, 2.05) is 0 Å². The molecule has 0 radical (unpaired) electrons. The lowest BCUT2D eigenvalue weighted by Crippen LogP contribution is -2.09. The third kappa shape index (κ3) is 3.76. The minimum atomic E-state index is -0.375. The summed E-state index contributed by atoms with van der Waals surface area (Å²) in [5.41, 5.74) is 1.48. The lowest BCUT2D eigenvalue weighted by molar-refractivity contribution is -0.144. The Hall–Kier alpha value is -1.92. The van der Waals surface area contributed by atoms with E-state index in [1.54, 1.807) is 37.4 Å². The van der Waals surface area contributed by atoms with Gasteiger partial charge in [-0.05, 0) is 30.3 Å². The Labute approximate surface area is 152 Å². The number of carbonyl (C=O) groups is 1. The summed E-state index contributed by atoms with van der Waals surface area (Å²) in [5, 5.41) is 0.539. The third-order valence-electron chi connectivity index (χ3n) is 3.51. The van der Waals surface area contributed by atoms with Gasteiger partial charge in [0.1, 0.15) is 12.4 Å². The van der Waals surface area contributed by atoms with Crippen LogP contribution in [0.1, 0.15) is 11.1 Å². The second-order valence-electron chi connectivity index (χ2n) is 5.09. The summed E-state index contributed by atoms with van der Waals surface area (Å²) in [5.74, 6) is 1.53. The van der Waals surface area contributed by atoms with Crippen molar-refractivity contribution in [1.29, 1.82) is 0 Å². The highest BCUT2D eigenvalue weighted by Gasteiger charge is 2.17. The van der Waals surface area contributed by atoms with Crippen molar-refractivity contribution in [2.45, 2.75) is 13.0 Å². The molecule has 1 aliphatic heterocycles.